The quantitative estimate of drug-likeness (QED) is 0.839. The number of nitrogens with zero attached hydrogens (tertiary/aromatic N) is 3. The minimum absolute atomic E-state index is 0.156. The lowest BCUT2D eigenvalue weighted by Gasteiger charge is -2.40. The second-order valence-corrected chi connectivity index (χ2v) is 8.12. The van der Waals surface area contributed by atoms with Crippen molar-refractivity contribution in [2.75, 3.05) is 13.1 Å². The fraction of sp³-hybridized carbons (Fsp3) is 0.526. The summed E-state index contributed by atoms with van der Waals surface area (Å²) in [5.41, 5.74) is 0.844. The fourth-order valence-corrected chi connectivity index (χ4v) is 4.93. The fourth-order valence-electron chi connectivity index (χ4n) is 4.74. The SMILES string of the molecule is O=C([C@@H]1CC2CCC1C2)N1CC(c2nc(-c3cccc(Cl)c3)no2)C1. The number of carbonyl (C=O) groups excluding carboxylic acids is 1. The highest BCUT2D eigenvalue weighted by Gasteiger charge is 2.47. The molecule has 1 aromatic carbocycles. The number of carbonyl (C=O) groups is 1. The summed E-state index contributed by atoms with van der Waals surface area (Å²) in [4.78, 5) is 19.2. The second kappa shape index (κ2) is 5.84. The summed E-state index contributed by atoms with van der Waals surface area (Å²) in [6, 6.07) is 7.41. The summed E-state index contributed by atoms with van der Waals surface area (Å²) < 4.78 is 5.42. The predicted octanol–water partition coefficient (Wildman–Crippen LogP) is 3.75. The van der Waals surface area contributed by atoms with E-state index in [1.165, 1.54) is 19.3 Å². The number of hydrogen-bond donors (Lipinski definition) is 0. The molecule has 0 radical (unpaired) electrons. The number of amides is 1. The smallest absolute Gasteiger partial charge is 0.233 e. The van der Waals surface area contributed by atoms with Gasteiger partial charge >= 0.3 is 0 Å². The maximum Gasteiger partial charge on any atom is 0.233 e. The van der Waals surface area contributed by atoms with E-state index in [4.69, 9.17) is 16.1 Å². The van der Waals surface area contributed by atoms with E-state index in [1.807, 2.05) is 29.2 Å². The summed E-state index contributed by atoms with van der Waals surface area (Å²) in [6.07, 6.45) is 4.93. The van der Waals surface area contributed by atoms with Crippen LogP contribution in [0.5, 0.6) is 0 Å². The molecule has 6 heteroatoms. The Labute approximate surface area is 151 Å². The van der Waals surface area contributed by atoms with Crippen molar-refractivity contribution < 1.29 is 9.32 Å². The van der Waals surface area contributed by atoms with Crippen LogP contribution in [0, 0.1) is 17.8 Å². The van der Waals surface area contributed by atoms with Gasteiger partial charge in [0.2, 0.25) is 17.6 Å². The maximum absolute atomic E-state index is 12.7. The Balaban J connectivity index is 1.23. The first-order chi connectivity index (χ1) is 12.2. The average Bonchev–Trinajstić information content (AvgIpc) is 3.30. The molecule has 130 valence electrons. The van der Waals surface area contributed by atoms with E-state index < -0.39 is 0 Å². The molecule has 3 atom stereocenters. The summed E-state index contributed by atoms with van der Waals surface area (Å²) in [5, 5.41) is 4.71. The number of likely N-dealkylation sites (tertiary alicyclic amines) is 1. The zero-order valence-corrected chi connectivity index (χ0v) is 14.7. The largest absolute Gasteiger partial charge is 0.341 e. The molecule has 5 rings (SSSR count). The number of benzene rings is 1. The van der Waals surface area contributed by atoms with Gasteiger partial charge in [0.05, 0.1) is 5.92 Å². The van der Waals surface area contributed by atoms with E-state index >= 15 is 0 Å². The second-order valence-electron chi connectivity index (χ2n) is 7.69. The molecule has 1 aliphatic heterocycles. The molecular weight excluding hydrogens is 338 g/mol. The van der Waals surface area contributed by atoms with Crippen LogP contribution in [0.15, 0.2) is 28.8 Å². The zero-order chi connectivity index (χ0) is 17.0. The lowest BCUT2D eigenvalue weighted by atomic mass is 9.86. The molecule has 0 N–H and O–H groups in total. The van der Waals surface area contributed by atoms with Gasteiger partial charge in [0.1, 0.15) is 0 Å². The molecule has 1 amide bonds. The minimum atomic E-state index is 0.156. The number of fused-ring (bicyclic) bond motifs is 2. The summed E-state index contributed by atoms with van der Waals surface area (Å²) in [6.45, 7) is 1.40. The van der Waals surface area contributed by atoms with Crippen molar-refractivity contribution in [3.05, 3.63) is 35.2 Å². The first-order valence-corrected chi connectivity index (χ1v) is 9.43. The first kappa shape index (κ1) is 15.4. The topological polar surface area (TPSA) is 59.2 Å². The van der Waals surface area contributed by atoms with Gasteiger partial charge < -0.3 is 9.42 Å². The average molecular weight is 358 g/mol. The molecule has 2 heterocycles. The number of halogens is 1. The standard InChI is InChI=1S/C19H20ClN3O2/c20-15-3-1-2-13(8-15)17-21-18(25-22-17)14-9-23(10-14)19(24)16-7-11-4-5-12(16)6-11/h1-3,8,11-12,14,16H,4-7,9-10H2/t11?,12?,16-/m1/s1. The summed E-state index contributed by atoms with van der Waals surface area (Å²) >= 11 is 6.02. The number of aromatic nitrogens is 2. The number of hydrogen-bond acceptors (Lipinski definition) is 4. The lowest BCUT2D eigenvalue weighted by molar-refractivity contribution is -0.142. The Morgan fingerprint density at radius 3 is 2.84 bits per heavy atom. The molecule has 0 spiro atoms. The molecule has 3 aliphatic rings. The molecule has 2 aromatic rings. The molecule has 25 heavy (non-hydrogen) atoms. The van der Waals surface area contributed by atoms with Gasteiger partial charge in [-0.2, -0.15) is 4.98 Å². The van der Waals surface area contributed by atoms with E-state index in [0.29, 0.717) is 41.7 Å². The van der Waals surface area contributed by atoms with Crippen LogP contribution >= 0.6 is 11.6 Å². The van der Waals surface area contributed by atoms with Gasteiger partial charge in [0.25, 0.3) is 0 Å². The number of rotatable bonds is 3. The molecule has 5 nitrogen and oxygen atoms in total. The zero-order valence-electron chi connectivity index (χ0n) is 13.9. The van der Waals surface area contributed by atoms with Crippen LogP contribution in [0.25, 0.3) is 11.4 Å². The predicted molar refractivity (Wildman–Crippen MR) is 93.0 cm³/mol. The molecule has 1 aromatic heterocycles. The Bertz CT molecular complexity index is 815. The van der Waals surface area contributed by atoms with E-state index in [1.54, 1.807) is 0 Å². The maximum atomic E-state index is 12.7. The molecule has 2 unspecified atom stereocenters. The van der Waals surface area contributed by atoms with E-state index in [-0.39, 0.29) is 11.8 Å². The van der Waals surface area contributed by atoms with Gasteiger partial charge in [-0.05, 0) is 43.2 Å². The molecule has 1 saturated heterocycles. The van der Waals surface area contributed by atoms with Crippen molar-refractivity contribution >= 4 is 17.5 Å². The van der Waals surface area contributed by atoms with Gasteiger partial charge in [-0.25, -0.2) is 0 Å². The van der Waals surface area contributed by atoms with Crippen LogP contribution in [-0.4, -0.2) is 34.0 Å². The Kier molecular flexibility index (Phi) is 3.59. The Hall–Kier alpha value is -1.88. The van der Waals surface area contributed by atoms with Crippen LogP contribution in [0.2, 0.25) is 5.02 Å². The van der Waals surface area contributed by atoms with Gasteiger partial charge in [0, 0.05) is 29.6 Å². The Morgan fingerprint density at radius 2 is 2.12 bits per heavy atom. The lowest BCUT2D eigenvalue weighted by Crippen LogP contribution is -2.51. The summed E-state index contributed by atoms with van der Waals surface area (Å²) in [7, 11) is 0. The molecule has 3 fully saturated rings. The van der Waals surface area contributed by atoms with Crippen LogP contribution in [0.3, 0.4) is 0 Å². The van der Waals surface area contributed by atoms with Crippen molar-refractivity contribution in [2.24, 2.45) is 17.8 Å². The minimum Gasteiger partial charge on any atom is -0.341 e. The van der Waals surface area contributed by atoms with E-state index in [2.05, 4.69) is 10.1 Å². The molecule has 2 bridgehead atoms. The van der Waals surface area contributed by atoms with Crippen LogP contribution in [0.1, 0.15) is 37.5 Å². The van der Waals surface area contributed by atoms with Crippen molar-refractivity contribution in [1.82, 2.24) is 15.0 Å². The summed E-state index contributed by atoms with van der Waals surface area (Å²) in [5.74, 6) is 3.37. The third-order valence-corrected chi connectivity index (χ3v) is 6.36. The highest BCUT2D eigenvalue weighted by atomic mass is 35.5. The van der Waals surface area contributed by atoms with Crippen molar-refractivity contribution in [3.63, 3.8) is 0 Å². The van der Waals surface area contributed by atoms with Crippen LogP contribution in [-0.2, 0) is 4.79 Å². The van der Waals surface area contributed by atoms with E-state index in [0.717, 1.165) is 17.9 Å². The Morgan fingerprint density at radius 1 is 1.24 bits per heavy atom. The normalized spacial score (nSPS) is 28.4. The third-order valence-electron chi connectivity index (χ3n) is 6.12. The molecule has 2 aliphatic carbocycles. The van der Waals surface area contributed by atoms with Crippen LogP contribution < -0.4 is 0 Å². The van der Waals surface area contributed by atoms with Crippen LogP contribution in [0.4, 0.5) is 0 Å². The van der Waals surface area contributed by atoms with Gasteiger partial charge in [0.15, 0.2) is 0 Å². The highest BCUT2D eigenvalue weighted by molar-refractivity contribution is 6.30. The van der Waals surface area contributed by atoms with Crippen molar-refractivity contribution in [2.45, 2.75) is 31.6 Å². The highest BCUT2D eigenvalue weighted by Crippen LogP contribution is 2.49. The monoisotopic (exact) mass is 357 g/mol. The van der Waals surface area contributed by atoms with Crippen molar-refractivity contribution in [3.8, 4) is 11.4 Å². The van der Waals surface area contributed by atoms with Gasteiger partial charge in [-0.3, -0.25) is 4.79 Å². The van der Waals surface area contributed by atoms with Crippen molar-refractivity contribution in [1.29, 1.82) is 0 Å². The first-order valence-electron chi connectivity index (χ1n) is 9.05. The molecular formula is C19H20ClN3O2. The van der Waals surface area contributed by atoms with E-state index in [9.17, 15) is 4.79 Å². The third kappa shape index (κ3) is 2.65. The van der Waals surface area contributed by atoms with Gasteiger partial charge in [-0.15, -0.1) is 0 Å². The van der Waals surface area contributed by atoms with Gasteiger partial charge in [-0.1, -0.05) is 35.3 Å². The molecule has 2 saturated carbocycles.